The highest BCUT2D eigenvalue weighted by Gasteiger charge is 2.16. The molecule has 1 aliphatic rings. The zero-order chi connectivity index (χ0) is 11.8. The highest BCUT2D eigenvalue weighted by molar-refractivity contribution is 4.74. The first-order chi connectivity index (χ1) is 7.76. The summed E-state index contributed by atoms with van der Waals surface area (Å²) < 4.78 is 0. The van der Waals surface area contributed by atoms with Crippen molar-refractivity contribution >= 4 is 0 Å². The van der Waals surface area contributed by atoms with Gasteiger partial charge in [-0.25, -0.2) is 0 Å². The molecule has 0 aromatic rings. The number of nitrogens with zero attached hydrogens (tertiary/aromatic N) is 1. The van der Waals surface area contributed by atoms with E-state index in [0.717, 1.165) is 5.92 Å². The fourth-order valence-electron chi connectivity index (χ4n) is 2.79. The van der Waals surface area contributed by atoms with Crippen LogP contribution in [0.25, 0.3) is 0 Å². The van der Waals surface area contributed by atoms with Gasteiger partial charge in [0.15, 0.2) is 0 Å². The lowest BCUT2D eigenvalue weighted by atomic mass is 9.94. The molecular weight excluding hydrogens is 196 g/mol. The average Bonchev–Trinajstić information content (AvgIpc) is 2.29. The zero-order valence-electron chi connectivity index (χ0n) is 11.3. The van der Waals surface area contributed by atoms with Gasteiger partial charge in [0.25, 0.3) is 0 Å². The molecule has 1 aliphatic heterocycles. The van der Waals surface area contributed by atoms with Crippen molar-refractivity contribution in [1.82, 2.24) is 4.90 Å². The van der Waals surface area contributed by atoms with Gasteiger partial charge in [0.05, 0.1) is 0 Å². The first-order valence-corrected chi connectivity index (χ1v) is 7.24. The fraction of sp³-hybridized carbons (Fsp3) is 1.00. The van der Waals surface area contributed by atoms with Crippen molar-refractivity contribution in [3.8, 4) is 0 Å². The molecule has 0 unspecified atom stereocenters. The molecule has 0 aromatic heterocycles. The average molecular weight is 226 g/mol. The Morgan fingerprint density at radius 2 is 1.62 bits per heavy atom. The van der Waals surface area contributed by atoms with E-state index >= 15 is 0 Å². The molecule has 0 amide bonds. The molecule has 96 valence electrons. The molecule has 1 heterocycles. The maximum Gasteiger partial charge on any atom is 0.00631 e. The Labute approximate surface area is 102 Å². The number of hydrogen-bond acceptors (Lipinski definition) is 2. The van der Waals surface area contributed by atoms with Crippen molar-refractivity contribution in [2.24, 2.45) is 11.7 Å². The fourth-order valence-corrected chi connectivity index (χ4v) is 2.79. The van der Waals surface area contributed by atoms with E-state index in [1.807, 2.05) is 0 Å². The van der Waals surface area contributed by atoms with Gasteiger partial charge in [-0.3, -0.25) is 0 Å². The van der Waals surface area contributed by atoms with Crippen molar-refractivity contribution in [2.75, 3.05) is 19.6 Å². The van der Waals surface area contributed by atoms with E-state index in [0.29, 0.717) is 6.04 Å². The summed E-state index contributed by atoms with van der Waals surface area (Å²) in [6.07, 6.45) is 9.32. The maximum absolute atomic E-state index is 5.92. The van der Waals surface area contributed by atoms with E-state index in [4.69, 9.17) is 5.73 Å². The molecule has 1 rings (SSSR count). The molecule has 2 N–H and O–H groups in total. The Morgan fingerprint density at radius 3 is 2.12 bits per heavy atom. The van der Waals surface area contributed by atoms with Gasteiger partial charge in [-0.05, 0) is 44.8 Å². The lowest BCUT2D eigenvalue weighted by molar-refractivity contribution is 0.195. The second-order valence-corrected chi connectivity index (χ2v) is 5.41. The number of piperidine rings is 1. The Bertz CT molecular complexity index is 156. The minimum atomic E-state index is 0.471. The molecule has 1 fully saturated rings. The molecular formula is C14H30N2. The van der Waals surface area contributed by atoms with Crippen LogP contribution in [0.15, 0.2) is 0 Å². The van der Waals surface area contributed by atoms with Crippen LogP contribution < -0.4 is 5.73 Å². The number of nitrogens with two attached hydrogens (primary N) is 1. The van der Waals surface area contributed by atoms with Crippen LogP contribution in [0.2, 0.25) is 0 Å². The van der Waals surface area contributed by atoms with Crippen LogP contribution >= 0.6 is 0 Å². The second kappa shape index (κ2) is 8.08. The summed E-state index contributed by atoms with van der Waals surface area (Å²) in [5, 5.41) is 0. The number of hydrogen-bond donors (Lipinski definition) is 1. The minimum Gasteiger partial charge on any atom is -0.328 e. The molecule has 0 saturated carbocycles. The first-order valence-electron chi connectivity index (χ1n) is 7.24. The zero-order valence-corrected chi connectivity index (χ0v) is 11.3. The van der Waals surface area contributed by atoms with Gasteiger partial charge >= 0.3 is 0 Å². The molecule has 0 radical (unpaired) electrons. The molecule has 2 nitrogen and oxygen atoms in total. The predicted molar refractivity (Wildman–Crippen MR) is 71.6 cm³/mol. The van der Waals surface area contributed by atoms with Crippen LogP contribution in [-0.2, 0) is 0 Å². The van der Waals surface area contributed by atoms with Gasteiger partial charge < -0.3 is 10.6 Å². The van der Waals surface area contributed by atoms with Crippen molar-refractivity contribution < 1.29 is 0 Å². The Morgan fingerprint density at radius 1 is 1.06 bits per heavy atom. The van der Waals surface area contributed by atoms with E-state index in [2.05, 4.69) is 18.7 Å². The van der Waals surface area contributed by atoms with Crippen molar-refractivity contribution in [3.63, 3.8) is 0 Å². The summed E-state index contributed by atoms with van der Waals surface area (Å²) >= 11 is 0. The van der Waals surface area contributed by atoms with E-state index in [9.17, 15) is 0 Å². The van der Waals surface area contributed by atoms with Crippen LogP contribution in [0.5, 0.6) is 0 Å². The number of likely N-dealkylation sites (tertiary alicyclic amines) is 1. The van der Waals surface area contributed by atoms with Gasteiger partial charge in [0, 0.05) is 6.04 Å². The quantitative estimate of drug-likeness (QED) is 0.723. The highest BCUT2D eigenvalue weighted by Crippen LogP contribution is 2.19. The minimum absolute atomic E-state index is 0.471. The largest absolute Gasteiger partial charge is 0.328 e. The summed E-state index contributed by atoms with van der Waals surface area (Å²) in [7, 11) is 0. The van der Waals surface area contributed by atoms with Crippen LogP contribution in [-0.4, -0.2) is 30.6 Å². The first kappa shape index (κ1) is 14.0. The van der Waals surface area contributed by atoms with Crippen LogP contribution in [0.4, 0.5) is 0 Å². The summed E-state index contributed by atoms with van der Waals surface area (Å²) in [6.45, 7) is 8.38. The van der Waals surface area contributed by atoms with Gasteiger partial charge in [0.2, 0.25) is 0 Å². The summed E-state index contributed by atoms with van der Waals surface area (Å²) in [5.41, 5.74) is 5.92. The van der Waals surface area contributed by atoms with Gasteiger partial charge in [0.1, 0.15) is 0 Å². The standard InChI is InChI=1S/C14H30N2/c1-3-5-13(6-4-2)7-10-16-11-8-14(15)9-12-16/h13-14H,3-12,15H2,1-2H3. The van der Waals surface area contributed by atoms with Gasteiger partial charge in [-0.15, -0.1) is 0 Å². The lowest BCUT2D eigenvalue weighted by Gasteiger charge is -2.31. The summed E-state index contributed by atoms with van der Waals surface area (Å²) in [6, 6.07) is 0.471. The Kier molecular flexibility index (Phi) is 7.06. The molecule has 0 atom stereocenters. The normalized spacial score (nSPS) is 19.5. The van der Waals surface area contributed by atoms with E-state index < -0.39 is 0 Å². The molecule has 1 saturated heterocycles. The molecule has 0 bridgehead atoms. The van der Waals surface area contributed by atoms with Gasteiger partial charge in [-0.1, -0.05) is 39.5 Å². The molecule has 0 spiro atoms. The molecule has 0 aliphatic carbocycles. The number of rotatable bonds is 7. The van der Waals surface area contributed by atoms with E-state index in [1.165, 1.54) is 64.6 Å². The SMILES string of the molecule is CCCC(CCC)CCN1CCC(N)CC1. The third kappa shape index (κ3) is 5.31. The van der Waals surface area contributed by atoms with E-state index in [-0.39, 0.29) is 0 Å². The molecule has 2 heteroatoms. The third-order valence-electron chi connectivity index (χ3n) is 3.88. The Hall–Kier alpha value is -0.0800. The van der Waals surface area contributed by atoms with Crippen molar-refractivity contribution in [2.45, 2.75) is 64.8 Å². The molecule has 16 heavy (non-hydrogen) atoms. The highest BCUT2D eigenvalue weighted by atomic mass is 15.1. The van der Waals surface area contributed by atoms with Crippen molar-refractivity contribution in [1.29, 1.82) is 0 Å². The van der Waals surface area contributed by atoms with Crippen molar-refractivity contribution in [3.05, 3.63) is 0 Å². The third-order valence-corrected chi connectivity index (χ3v) is 3.88. The second-order valence-electron chi connectivity index (χ2n) is 5.41. The maximum atomic E-state index is 5.92. The predicted octanol–water partition coefficient (Wildman–Crippen LogP) is 3.02. The Balaban J connectivity index is 2.15. The monoisotopic (exact) mass is 226 g/mol. The summed E-state index contributed by atoms with van der Waals surface area (Å²) in [4.78, 5) is 2.61. The summed E-state index contributed by atoms with van der Waals surface area (Å²) in [5.74, 6) is 0.964. The molecule has 0 aromatic carbocycles. The van der Waals surface area contributed by atoms with E-state index in [1.54, 1.807) is 0 Å². The smallest absolute Gasteiger partial charge is 0.00631 e. The topological polar surface area (TPSA) is 29.3 Å². The lowest BCUT2D eigenvalue weighted by Crippen LogP contribution is -2.40. The van der Waals surface area contributed by atoms with Crippen LogP contribution in [0.1, 0.15) is 58.8 Å². The van der Waals surface area contributed by atoms with Crippen LogP contribution in [0, 0.1) is 5.92 Å². The van der Waals surface area contributed by atoms with Crippen LogP contribution in [0.3, 0.4) is 0 Å². The van der Waals surface area contributed by atoms with Gasteiger partial charge in [-0.2, -0.15) is 0 Å².